The van der Waals surface area contributed by atoms with E-state index in [4.69, 9.17) is 4.74 Å². The van der Waals surface area contributed by atoms with Crippen LogP contribution in [0.1, 0.15) is 31.4 Å². The van der Waals surface area contributed by atoms with Crippen LogP contribution in [0.15, 0.2) is 12.1 Å². The topological polar surface area (TPSA) is 94.4 Å². The molecule has 1 aliphatic carbocycles. The van der Waals surface area contributed by atoms with E-state index in [0.717, 1.165) is 31.4 Å². The van der Waals surface area contributed by atoms with E-state index in [1.165, 1.54) is 13.2 Å². The number of nitro groups is 1. The Morgan fingerprint density at radius 3 is 2.62 bits per heavy atom. The van der Waals surface area contributed by atoms with Crippen molar-refractivity contribution in [3.05, 3.63) is 27.9 Å². The molecule has 114 valence electrons. The number of ether oxygens (including phenoxy) is 1. The molecule has 0 unspecified atom stereocenters. The molecule has 0 aromatic carbocycles. The number of carbonyl (C=O) groups excluding carboxylic acids is 1. The van der Waals surface area contributed by atoms with Crippen molar-refractivity contribution >= 4 is 17.5 Å². The minimum Gasteiger partial charge on any atom is -0.469 e. The molecule has 21 heavy (non-hydrogen) atoms. The Hall–Kier alpha value is -2.18. The SMILES string of the molecule is COC(=O)C1CCC(Nc2nc(C)ccc2[N+](=O)[O-])CC1. The van der Waals surface area contributed by atoms with E-state index in [9.17, 15) is 14.9 Å². The summed E-state index contributed by atoms with van der Waals surface area (Å²) < 4.78 is 4.75. The van der Waals surface area contributed by atoms with Crippen molar-refractivity contribution in [3.63, 3.8) is 0 Å². The van der Waals surface area contributed by atoms with Crippen LogP contribution in [0.2, 0.25) is 0 Å². The summed E-state index contributed by atoms with van der Waals surface area (Å²) in [6, 6.07) is 3.18. The van der Waals surface area contributed by atoms with Crippen LogP contribution in [-0.2, 0) is 9.53 Å². The van der Waals surface area contributed by atoms with E-state index in [0.29, 0.717) is 5.82 Å². The number of nitrogens with zero attached hydrogens (tertiary/aromatic N) is 2. The minimum atomic E-state index is -0.436. The first kappa shape index (κ1) is 15.2. The number of esters is 1. The summed E-state index contributed by atoms with van der Waals surface area (Å²) in [4.78, 5) is 26.3. The highest BCUT2D eigenvalue weighted by atomic mass is 16.6. The second kappa shape index (κ2) is 6.51. The van der Waals surface area contributed by atoms with Crippen LogP contribution in [0.5, 0.6) is 0 Å². The maximum atomic E-state index is 11.5. The zero-order chi connectivity index (χ0) is 15.4. The molecule has 0 spiro atoms. The standard InChI is InChI=1S/C14H19N3O4/c1-9-3-8-12(17(19)20)13(15-9)16-11-6-4-10(5-7-11)14(18)21-2/h3,8,10-11H,4-7H2,1-2H3,(H,15,16). The van der Waals surface area contributed by atoms with Gasteiger partial charge in [-0.05, 0) is 38.7 Å². The fourth-order valence-corrected chi connectivity index (χ4v) is 2.64. The van der Waals surface area contributed by atoms with Gasteiger partial charge in [0.15, 0.2) is 0 Å². The average Bonchev–Trinajstić information content (AvgIpc) is 2.47. The number of carbonyl (C=O) groups is 1. The van der Waals surface area contributed by atoms with E-state index in [1.807, 2.05) is 0 Å². The summed E-state index contributed by atoms with van der Waals surface area (Å²) >= 11 is 0. The molecule has 0 radical (unpaired) electrons. The van der Waals surface area contributed by atoms with Crippen LogP contribution in [-0.4, -0.2) is 29.0 Å². The molecule has 1 aromatic rings. The fourth-order valence-electron chi connectivity index (χ4n) is 2.64. The maximum absolute atomic E-state index is 11.5. The predicted molar refractivity (Wildman–Crippen MR) is 77.0 cm³/mol. The molecule has 7 heteroatoms. The molecule has 1 fully saturated rings. The Bertz CT molecular complexity index is 539. The molecule has 0 atom stereocenters. The van der Waals surface area contributed by atoms with Crippen molar-refractivity contribution in [2.45, 2.75) is 38.6 Å². The Balaban J connectivity index is 2.02. The van der Waals surface area contributed by atoms with E-state index < -0.39 is 4.92 Å². The lowest BCUT2D eigenvalue weighted by Gasteiger charge is -2.27. The Kier molecular flexibility index (Phi) is 4.72. The van der Waals surface area contributed by atoms with Crippen molar-refractivity contribution in [2.75, 3.05) is 12.4 Å². The van der Waals surface area contributed by atoms with Crippen LogP contribution in [0.3, 0.4) is 0 Å². The number of aryl methyl sites for hydroxylation is 1. The summed E-state index contributed by atoms with van der Waals surface area (Å²) in [5, 5.41) is 14.2. The molecule has 7 nitrogen and oxygen atoms in total. The third-order valence-corrected chi connectivity index (χ3v) is 3.81. The van der Waals surface area contributed by atoms with Crippen LogP contribution in [0, 0.1) is 23.0 Å². The highest BCUT2D eigenvalue weighted by Crippen LogP contribution is 2.29. The molecular weight excluding hydrogens is 274 g/mol. The molecule has 1 N–H and O–H groups in total. The van der Waals surface area contributed by atoms with Gasteiger partial charge in [-0.2, -0.15) is 0 Å². The van der Waals surface area contributed by atoms with Gasteiger partial charge in [-0.3, -0.25) is 14.9 Å². The zero-order valence-corrected chi connectivity index (χ0v) is 12.2. The zero-order valence-electron chi connectivity index (χ0n) is 12.2. The van der Waals surface area contributed by atoms with Crippen LogP contribution >= 0.6 is 0 Å². The second-order valence-corrected chi connectivity index (χ2v) is 5.29. The third-order valence-electron chi connectivity index (χ3n) is 3.81. The third kappa shape index (κ3) is 3.68. The number of anilines is 1. The second-order valence-electron chi connectivity index (χ2n) is 5.29. The van der Waals surface area contributed by atoms with Gasteiger partial charge >= 0.3 is 11.7 Å². The number of nitrogens with one attached hydrogen (secondary N) is 1. The fraction of sp³-hybridized carbons (Fsp3) is 0.571. The molecule has 0 aliphatic heterocycles. The lowest BCUT2D eigenvalue weighted by atomic mass is 9.86. The Morgan fingerprint density at radius 2 is 2.05 bits per heavy atom. The number of rotatable bonds is 4. The molecule has 0 amide bonds. The van der Waals surface area contributed by atoms with Crippen LogP contribution < -0.4 is 5.32 Å². The van der Waals surface area contributed by atoms with Crippen molar-refractivity contribution < 1.29 is 14.5 Å². The number of aromatic nitrogens is 1. The van der Waals surface area contributed by atoms with E-state index in [2.05, 4.69) is 10.3 Å². The molecule has 1 saturated carbocycles. The van der Waals surface area contributed by atoms with Gasteiger partial charge in [-0.1, -0.05) is 0 Å². The van der Waals surface area contributed by atoms with E-state index in [1.54, 1.807) is 13.0 Å². The van der Waals surface area contributed by atoms with Gasteiger partial charge in [0.05, 0.1) is 18.0 Å². The number of hydrogen-bond donors (Lipinski definition) is 1. The average molecular weight is 293 g/mol. The van der Waals surface area contributed by atoms with Gasteiger partial charge in [0, 0.05) is 17.8 Å². The highest BCUT2D eigenvalue weighted by Gasteiger charge is 2.28. The number of methoxy groups -OCH3 is 1. The van der Waals surface area contributed by atoms with Crippen molar-refractivity contribution in [3.8, 4) is 0 Å². The van der Waals surface area contributed by atoms with Crippen LogP contribution in [0.4, 0.5) is 11.5 Å². The molecular formula is C14H19N3O4. The molecule has 0 saturated heterocycles. The summed E-state index contributed by atoms with van der Waals surface area (Å²) in [7, 11) is 1.40. The largest absolute Gasteiger partial charge is 0.469 e. The molecule has 2 rings (SSSR count). The summed E-state index contributed by atoms with van der Waals surface area (Å²) in [6.45, 7) is 1.79. The normalized spacial score (nSPS) is 21.6. The first-order valence-electron chi connectivity index (χ1n) is 6.97. The summed E-state index contributed by atoms with van der Waals surface area (Å²) in [6.07, 6.45) is 2.99. The van der Waals surface area contributed by atoms with Gasteiger partial charge in [0.2, 0.25) is 5.82 Å². The first-order chi connectivity index (χ1) is 10.0. The quantitative estimate of drug-likeness (QED) is 0.520. The lowest BCUT2D eigenvalue weighted by molar-refractivity contribution is -0.384. The molecule has 1 heterocycles. The number of pyridine rings is 1. The van der Waals surface area contributed by atoms with Gasteiger partial charge in [-0.25, -0.2) is 4.98 Å². The first-order valence-corrected chi connectivity index (χ1v) is 6.97. The van der Waals surface area contributed by atoms with Gasteiger partial charge in [-0.15, -0.1) is 0 Å². The Morgan fingerprint density at radius 1 is 1.38 bits per heavy atom. The predicted octanol–water partition coefficient (Wildman–Crippen LogP) is 2.44. The van der Waals surface area contributed by atoms with Gasteiger partial charge in [0.1, 0.15) is 0 Å². The summed E-state index contributed by atoms with van der Waals surface area (Å²) in [5.41, 5.74) is 0.710. The minimum absolute atomic E-state index is 0.0179. The number of hydrogen-bond acceptors (Lipinski definition) is 6. The molecule has 1 aromatic heterocycles. The van der Waals surface area contributed by atoms with Crippen molar-refractivity contribution in [1.82, 2.24) is 4.98 Å². The van der Waals surface area contributed by atoms with Gasteiger partial charge in [0.25, 0.3) is 0 Å². The molecule has 1 aliphatic rings. The van der Waals surface area contributed by atoms with E-state index >= 15 is 0 Å². The maximum Gasteiger partial charge on any atom is 0.311 e. The van der Waals surface area contributed by atoms with Crippen LogP contribution in [0.25, 0.3) is 0 Å². The van der Waals surface area contributed by atoms with Crippen molar-refractivity contribution in [1.29, 1.82) is 0 Å². The lowest BCUT2D eigenvalue weighted by Crippen LogP contribution is -2.30. The van der Waals surface area contributed by atoms with E-state index in [-0.39, 0.29) is 23.6 Å². The highest BCUT2D eigenvalue weighted by molar-refractivity contribution is 5.72. The monoisotopic (exact) mass is 293 g/mol. The summed E-state index contributed by atoms with van der Waals surface area (Å²) in [5.74, 6) is 0.0723. The van der Waals surface area contributed by atoms with Gasteiger partial charge < -0.3 is 10.1 Å². The smallest absolute Gasteiger partial charge is 0.311 e. The van der Waals surface area contributed by atoms with Crippen molar-refractivity contribution in [2.24, 2.45) is 5.92 Å². The molecule has 0 bridgehead atoms. The Labute approximate surface area is 122 Å².